The summed E-state index contributed by atoms with van der Waals surface area (Å²) in [5, 5.41) is 0.0349. The maximum Gasteiger partial charge on any atom is 0.435 e. The van der Waals surface area contributed by atoms with Crippen LogP contribution < -0.4 is 4.90 Å². The Morgan fingerprint density at radius 3 is 2.26 bits per heavy atom. The van der Waals surface area contributed by atoms with E-state index in [1.54, 1.807) is 25.7 Å². The third-order valence-corrected chi connectivity index (χ3v) is 4.66. The molecule has 0 saturated carbocycles. The number of piperazine rings is 1. The van der Waals surface area contributed by atoms with E-state index in [0.717, 1.165) is 0 Å². The lowest BCUT2D eigenvalue weighted by Gasteiger charge is -2.35. The van der Waals surface area contributed by atoms with Gasteiger partial charge in [0.15, 0.2) is 16.9 Å². The number of aromatic nitrogens is 1. The molecule has 12 heteroatoms. The van der Waals surface area contributed by atoms with Gasteiger partial charge in [-0.1, -0.05) is 22.9 Å². The Hall–Kier alpha value is -1.75. The first-order chi connectivity index (χ1) is 12.4. The molecule has 0 aliphatic carbocycles. The number of hydrogen-bond acceptors (Lipinski definition) is 7. The average Bonchev–Trinajstić information content (AvgIpc) is 2.99. The highest BCUT2D eigenvalue weighted by Crippen LogP contribution is 2.38. The predicted octanol–water partition coefficient (Wildman–Crippen LogP) is 3.57. The van der Waals surface area contributed by atoms with Gasteiger partial charge in [-0.15, -0.1) is 0 Å². The molecule has 1 aromatic heterocycles. The molecule has 0 bridgehead atoms. The third-order valence-electron chi connectivity index (χ3n) is 3.46. The largest absolute Gasteiger partial charge is 0.445 e. The number of esters is 1. The van der Waals surface area contributed by atoms with Crippen molar-refractivity contribution in [3.8, 4) is 0 Å². The highest BCUT2D eigenvalue weighted by Gasteiger charge is 2.41. The van der Waals surface area contributed by atoms with Crippen LogP contribution in [0.4, 0.5) is 23.1 Å². The molecule has 0 radical (unpaired) electrons. The number of anilines is 1. The molecule has 0 N–H and O–H groups in total. The summed E-state index contributed by atoms with van der Waals surface area (Å²) in [7, 11) is 0. The van der Waals surface area contributed by atoms with E-state index in [-0.39, 0.29) is 31.3 Å². The van der Waals surface area contributed by atoms with Crippen molar-refractivity contribution in [3.63, 3.8) is 0 Å². The topological polar surface area (TPSA) is 72.0 Å². The minimum Gasteiger partial charge on any atom is -0.445 e. The van der Waals surface area contributed by atoms with E-state index in [9.17, 15) is 22.8 Å². The Morgan fingerprint density at radius 1 is 1.19 bits per heavy atom. The number of thiazole rings is 1. The Balaban J connectivity index is 2.12. The maximum absolute atomic E-state index is 13.2. The fraction of sp³-hybridized carbons (Fsp3) is 0.667. The van der Waals surface area contributed by atoms with Crippen LogP contribution in [0.1, 0.15) is 36.1 Å². The summed E-state index contributed by atoms with van der Waals surface area (Å²) in [5.41, 5.74) is -1.93. The van der Waals surface area contributed by atoms with Crippen LogP contribution in [0.15, 0.2) is 0 Å². The summed E-state index contributed by atoms with van der Waals surface area (Å²) in [5.74, 6) is -1.17. The van der Waals surface area contributed by atoms with E-state index in [4.69, 9.17) is 16.3 Å². The highest BCUT2D eigenvalue weighted by atomic mass is 35.5. The Bertz CT molecular complexity index is 697. The maximum atomic E-state index is 13.2. The van der Waals surface area contributed by atoms with Gasteiger partial charge in [-0.25, -0.2) is 14.6 Å². The van der Waals surface area contributed by atoms with E-state index in [1.165, 1.54) is 4.90 Å². The Labute approximate surface area is 163 Å². The standard InChI is InChI=1S/C15H19ClF3N3O4S/c1-14(2,3)26-13(24)22-6-4-21(5-7-22)12-20-10(15(17,18)19)9(27-12)11(23)25-8-16/h4-8H2,1-3H3. The Kier molecular flexibility index (Phi) is 6.46. The minimum atomic E-state index is -4.80. The molecule has 1 aliphatic heterocycles. The lowest BCUT2D eigenvalue weighted by Crippen LogP contribution is -2.50. The van der Waals surface area contributed by atoms with Crippen LogP contribution >= 0.6 is 22.9 Å². The SMILES string of the molecule is CC(C)(C)OC(=O)N1CCN(c2nc(C(F)(F)F)c(C(=O)OCCl)s2)CC1. The second-order valence-electron chi connectivity index (χ2n) is 6.67. The summed E-state index contributed by atoms with van der Waals surface area (Å²) in [6.45, 7) is 6.28. The van der Waals surface area contributed by atoms with Crippen molar-refractivity contribution >= 4 is 40.1 Å². The second kappa shape index (κ2) is 8.09. The molecule has 2 rings (SSSR count). The lowest BCUT2D eigenvalue weighted by molar-refractivity contribution is -0.141. The van der Waals surface area contributed by atoms with E-state index in [2.05, 4.69) is 9.72 Å². The van der Waals surface area contributed by atoms with Crippen LogP contribution in [0.3, 0.4) is 0 Å². The summed E-state index contributed by atoms with van der Waals surface area (Å²) >= 11 is 5.85. The number of carbonyl (C=O) groups is 2. The molecule has 0 aromatic carbocycles. The van der Waals surface area contributed by atoms with Crippen molar-refractivity contribution in [3.05, 3.63) is 10.6 Å². The second-order valence-corrected chi connectivity index (χ2v) is 7.86. The van der Waals surface area contributed by atoms with Crippen LogP contribution in [-0.2, 0) is 15.7 Å². The highest BCUT2D eigenvalue weighted by molar-refractivity contribution is 7.17. The number of carbonyl (C=O) groups excluding carboxylic acids is 2. The van der Waals surface area contributed by atoms with E-state index in [1.807, 2.05) is 0 Å². The van der Waals surface area contributed by atoms with Gasteiger partial charge in [-0.05, 0) is 20.8 Å². The van der Waals surface area contributed by atoms with Gasteiger partial charge in [0.25, 0.3) is 0 Å². The number of nitrogens with zero attached hydrogens (tertiary/aromatic N) is 3. The predicted molar refractivity (Wildman–Crippen MR) is 93.3 cm³/mol. The normalized spacial score (nSPS) is 15.7. The molecule has 1 aliphatic rings. The first-order valence-electron chi connectivity index (χ1n) is 7.96. The zero-order valence-electron chi connectivity index (χ0n) is 14.9. The van der Waals surface area contributed by atoms with E-state index >= 15 is 0 Å². The van der Waals surface area contributed by atoms with Gasteiger partial charge in [-0.2, -0.15) is 13.2 Å². The van der Waals surface area contributed by atoms with Gasteiger partial charge < -0.3 is 19.3 Å². The number of rotatable bonds is 3. The number of hydrogen-bond donors (Lipinski definition) is 0. The fourth-order valence-electron chi connectivity index (χ4n) is 2.30. The van der Waals surface area contributed by atoms with Crippen molar-refractivity contribution in [2.45, 2.75) is 32.5 Å². The van der Waals surface area contributed by atoms with Crippen LogP contribution in [-0.4, -0.2) is 59.8 Å². The number of alkyl halides is 4. The summed E-state index contributed by atoms with van der Waals surface area (Å²) in [4.78, 5) is 29.8. The third kappa shape index (κ3) is 5.61. The van der Waals surface area contributed by atoms with Crippen molar-refractivity contribution in [2.75, 3.05) is 37.1 Å². The molecule has 27 heavy (non-hydrogen) atoms. The zero-order valence-corrected chi connectivity index (χ0v) is 16.5. The quantitative estimate of drug-likeness (QED) is 0.540. The van der Waals surface area contributed by atoms with Crippen molar-refractivity contribution in [1.82, 2.24) is 9.88 Å². The van der Waals surface area contributed by atoms with Crippen LogP contribution in [0.25, 0.3) is 0 Å². The van der Waals surface area contributed by atoms with Crippen molar-refractivity contribution < 1.29 is 32.2 Å². The molecule has 0 atom stereocenters. The lowest BCUT2D eigenvalue weighted by atomic mass is 10.2. The molecule has 7 nitrogen and oxygen atoms in total. The van der Waals surface area contributed by atoms with Crippen LogP contribution in [0.5, 0.6) is 0 Å². The van der Waals surface area contributed by atoms with Crippen molar-refractivity contribution in [2.24, 2.45) is 0 Å². The van der Waals surface area contributed by atoms with Crippen LogP contribution in [0.2, 0.25) is 0 Å². The van der Waals surface area contributed by atoms with Crippen LogP contribution in [0, 0.1) is 0 Å². The average molecular weight is 430 g/mol. The minimum absolute atomic E-state index is 0.0349. The molecule has 2 heterocycles. The number of halogens is 4. The first-order valence-corrected chi connectivity index (χ1v) is 9.31. The molecule has 1 saturated heterocycles. The molecule has 0 unspecified atom stereocenters. The molecule has 1 aromatic rings. The zero-order chi connectivity index (χ0) is 20.4. The molecular formula is C15H19ClF3N3O4S. The van der Waals surface area contributed by atoms with E-state index in [0.29, 0.717) is 11.3 Å². The molecule has 1 amide bonds. The molecular weight excluding hydrogens is 411 g/mol. The molecule has 1 fully saturated rings. The fourth-order valence-corrected chi connectivity index (χ4v) is 3.43. The molecule has 0 spiro atoms. The summed E-state index contributed by atoms with van der Waals surface area (Å²) < 4.78 is 49.3. The first kappa shape index (κ1) is 21.5. The van der Waals surface area contributed by atoms with Gasteiger partial charge in [0.2, 0.25) is 0 Å². The monoisotopic (exact) mass is 429 g/mol. The molecule has 152 valence electrons. The summed E-state index contributed by atoms with van der Waals surface area (Å²) in [6, 6.07) is -0.558. The van der Waals surface area contributed by atoms with Crippen molar-refractivity contribution in [1.29, 1.82) is 0 Å². The van der Waals surface area contributed by atoms with Gasteiger partial charge in [0, 0.05) is 26.2 Å². The number of ether oxygens (including phenoxy) is 2. The van der Waals surface area contributed by atoms with E-state index < -0.39 is 40.5 Å². The Morgan fingerprint density at radius 2 is 1.78 bits per heavy atom. The van der Waals surface area contributed by atoms with Gasteiger partial charge >= 0.3 is 18.2 Å². The van der Waals surface area contributed by atoms with Gasteiger partial charge in [0.05, 0.1) is 0 Å². The summed E-state index contributed by atoms with van der Waals surface area (Å²) in [6.07, 6.45) is -5.28. The van der Waals surface area contributed by atoms with Gasteiger partial charge in [-0.3, -0.25) is 0 Å². The smallest absolute Gasteiger partial charge is 0.435 e. The van der Waals surface area contributed by atoms with Gasteiger partial charge in [0.1, 0.15) is 10.5 Å². The number of amides is 1.